The number of rotatable bonds is 2. The minimum Gasteiger partial charge on any atom is -0.426 e. The predicted molar refractivity (Wildman–Crippen MR) is 55.6 cm³/mol. The molecule has 0 bridgehead atoms. The highest BCUT2D eigenvalue weighted by atomic mass is 127. The Hall–Kier alpha value is -0.580. The van der Waals surface area contributed by atoms with E-state index in [1.165, 1.54) is 0 Å². The van der Waals surface area contributed by atoms with Gasteiger partial charge >= 0.3 is 5.97 Å². The Morgan fingerprint density at radius 2 is 2.00 bits per heavy atom. The second-order valence-corrected chi connectivity index (χ2v) is 4.22. The summed E-state index contributed by atoms with van der Waals surface area (Å²) < 4.78 is 4.92. The number of alkyl halides is 1. The number of hydrogen-bond donors (Lipinski definition) is 0. The van der Waals surface area contributed by atoms with Crippen LogP contribution in [0.3, 0.4) is 0 Å². The van der Waals surface area contributed by atoms with Crippen molar-refractivity contribution in [3.05, 3.63) is 30.3 Å². The van der Waals surface area contributed by atoms with Crippen molar-refractivity contribution in [2.75, 3.05) is 0 Å². The molecule has 0 heterocycles. The molecule has 0 fully saturated rings. The van der Waals surface area contributed by atoms with Crippen LogP contribution in [0.4, 0.5) is 0 Å². The first-order valence-corrected chi connectivity index (χ1v) is 4.85. The van der Waals surface area contributed by atoms with Gasteiger partial charge in [-0.25, -0.2) is 0 Å². The molecule has 64 valence electrons. The molecule has 0 saturated heterocycles. The van der Waals surface area contributed by atoms with Crippen LogP contribution in [0.2, 0.25) is 0 Å². The van der Waals surface area contributed by atoms with E-state index in [2.05, 4.69) is 0 Å². The summed E-state index contributed by atoms with van der Waals surface area (Å²) in [6.45, 7) is 1.80. The summed E-state index contributed by atoms with van der Waals surface area (Å²) in [5.74, 6) is 0.396. The van der Waals surface area contributed by atoms with E-state index in [0.29, 0.717) is 5.75 Å². The molecule has 1 aromatic rings. The molecule has 0 aromatic heterocycles. The molecule has 0 aliphatic carbocycles. The van der Waals surface area contributed by atoms with Gasteiger partial charge in [-0.3, -0.25) is 4.79 Å². The average molecular weight is 276 g/mol. The molecular weight excluding hydrogens is 267 g/mol. The molecule has 0 amide bonds. The summed E-state index contributed by atoms with van der Waals surface area (Å²) in [5.41, 5.74) is 0. The van der Waals surface area contributed by atoms with Gasteiger partial charge in [0.1, 0.15) is 9.67 Å². The molecular formula is C9H9IO2. The third-order valence-corrected chi connectivity index (χ3v) is 1.79. The van der Waals surface area contributed by atoms with Crippen LogP contribution in [-0.2, 0) is 4.79 Å². The van der Waals surface area contributed by atoms with E-state index in [-0.39, 0.29) is 9.89 Å². The standard InChI is InChI=1S/C9H9IO2/c1-7(10)9(11)12-8-5-3-2-4-6-8/h2-7H,1H3. The Kier molecular flexibility index (Phi) is 3.52. The zero-order valence-electron chi connectivity index (χ0n) is 6.66. The van der Waals surface area contributed by atoms with Crippen molar-refractivity contribution in [3.8, 4) is 5.75 Å². The van der Waals surface area contributed by atoms with Crippen molar-refractivity contribution in [1.82, 2.24) is 0 Å². The van der Waals surface area contributed by atoms with Gasteiger partial charge in [-0.2, -0.15) is 0 Å². The molecule has 0 N–H and O–H groups in total. The fraction of sp³-hybridized carbons (Fsp3) is 0.222. The van der Waals surface area contributed by atoms with E-state index in [0.717, 1.165) is 0 Å². The first-order chi connectivity index (χ1) is 5.70. The van der Waals surface area contributed by atoms with Gasteiger partial charge in [0.25, 0.3) is 0 Å². The minimum atomic E-state index is -0.207. The highest BCUT2D eigenvalue weighted by molar-refractivity contribution is 14.1. The van der Waals surface area contributed by atoms with Crippen LogP contribution in [0.15, 0.2) is 30.3 Å². The van der Waals surface area contributed by atoms with Gasteiger partial charge in [-0.05, 0) is 19.1 Å². The smallest absolute Gasteiger partial charge is 0.323 e. The number of benzene rings is 1. The molecule has 1 atom stereocenters. The summed E-state index contributed by atoms with van der Waals surface area (Å²) in [5, 5.41) is 0. The zero-order valence-corrected chi connectivity index (χ0v) is 8.82. The molecule has 12 heavy (non-hydrogen) atoms. The number of ether oxygens (including phenoxy) is 1. The minimum absolute atomic E-state index is 0.109. The van der Waals surface area contributed by atoms with Crippen molar-refractivity contribution in [2.45, 2.75) is 10.8 Å². The van der Waals surface area contributed by atoms with Gasteiger partial charge in [0.2, 0.25) is 0 Å². The summed E-state index contributed by atoms with van der Waals surface area (Å²) >= 11 is 2.02. The van der Waals surface area contributed by atoms with Gasteiger partial charge in [-0.15, -0.1) is 0 Å². The van der Waals surface area contributed by atoms with E-state index in [1.807, 2.05) is 40.8 Å². The van der Waals surface area contributed by atoms with Crippen LogP contribution in [0, 0.1) is 0 Å². The molecule has 0 aliphatic heterocycles. The lowest BCUT2D eigenvalue weighted by molar-refractivity contribution is -0.133. The topological polar surface area (TPSA) is 26.3 Å². The molecule has 1 rings (SSSR count). The first-order valence-electron chi connectivity index (χ1n) is 3.61. The number of carbonyl (C=O) groups is 1. The van der Waals surface area contributed by atoms with Gasteiger partial charge < -0.3 is 4.74 Å². The highest BCUT2D eigenvalue weighted by Gasteiger charge is 2.10. The number of halogens is 1. The maximum absolute atomic E-state index is 11.1. The molecule has 0 aliphatic rings. The van der Waals surface area contributed by atoms with Crippen LogP contribution in [-0.4, -0.2) is 9.89 Å². The predicted octanol–water partition coefficient (Wildman–Crippen LogP) is 2.42. The van der Waals surface area contributed by atoms with Crippen molar-refractivity contribution < 1.29 is 9.53 Å². The molecule has 2 nitrogen and oxygen atoms in total. The molecule has 0 spiro atoms. The van der Waals surface area contributed by atoms with Gasteiger partial charge in [0, 0.05) is 0 Å². The lowest BCUT2D eigenvalue weighted by Crippen LogP contribution is -2.16. The monoisotopic (exact) mass is 276 g/mol. The maximum atomic E-state index is 11.1. The zero-order chi connectivity index (χ0) is 8.97. The summed E-state index contributed by atoms with van der Waals surface area (Å²) in [6.07, 6.45) is 0. The maximum Gasteiger partial charge on any atom is 0.323 e. The van der Waals surface area contributed by atoms with Gasteiger partial charge in [0.05, 0.1) is 0 Å². The molecule has 1 aromatic carbocycles. The SMILES string of the molecule is CC(I)C(=O)Oc1ccccc1. The third-order valence-electron chi connectivity index (χ3n) is 1.29. The average Bonchev–Trinajstić information content (AvgIpc) is 2.06. The summed E-state index contributed by atoms with van der Waals surface area (Å²) in [7, 11) is 0. The van der Waals surface area contributed by atoms with Gasteiger partial charge in [0.15, 0.2) is 0 Å². The number of hydrogen-bond acceptors (Lipinski definition) is 2. The largest absolute Gasteiger partial charge is 0.426 e. The van der Waals surface area contributed by atoms with Crippen LogP contribution >= 0.6 is 22.6 Å². The first kappa shape index (κ1) is 9.51. The fourth-order valence-corrected chi connectivity index (χ4v) is 0.813. The molecule has 0 saturated carbocycles. The van der Waals surface area contributed by atoms with E-state index >= 15 is 0 Å². The number of para-hydroxylation sites is 1. The fourth-order valence-electron chi connectivity index (χ4n) is 0.686. The Morgan fingerprint density at radius 3 is 2.50 bits per heavy atom. The summed E-state index contributed by atoms with van der Waals surface area (Å²) in [4.78, 5) is 11.1. The second-order valence-electron chi connectivity index (χ2n) is 2.35. The number of carbonyl (C=O) groups excluding carboxylic acids is 1. The van der Waals surface area contributed by atoms with Crippen molar-refractivity contribution >= 4 is 28.6 Å². The lowest BCUT2D eigenvalue weighted by atomic mass is 10.3. The Bertz CT molecular complexity index is 256. The van der Waals surface area contributed by atoms with E-state index < -0.39 is 0 Å². The Morgan fingerprint density at radius 1 is 1.42 bits per heavy atom. The van der Waals surface area contributed by atoms with E-state index in [9.17, 15) is 4.79 Å². The van der Waals surface area contributed by atoms with Crippen LogP contribution in [0.5, 0.6) is 5.75 Å². The van der Waals surface area contributed by atoms with Crippen molar-refractivity contribution in [2.24, 2.45) is 0 Å². The lowest BCUT2D eigenvalue weighted by Gasteiger charge is -2.04. The van der Waals surface area contributed by atoms with Crippen LogP contribution in [0.25, 0.3) is 0 Å². The molecule has 3 heteroatoms. The Labute approximate surface area is 85.1 Å². The summed E-state index contributed by atoms with van der Waals surface area (Å²) in [6, 6.07) is 9.07. The molecule has 1 unspecified atom stereocenters. The van der Waals surface area contributed by atoms with Crippen LogP contribution in [0.1, 0.15) is 6.92 Å². The van der Waals surface area contributed by atoms with Crippen LogP contribution < -0.4 is 4.74 Å². The van der Waals surface area contributed by atoms with E-state index in [4.69, 9.17) is 4.74 Å². The van der Waals surface area contributed by atoms with Gasteiger partial charge in [-0.1, -0.05) is 40.8 Å². The highest BCUT2D eigenvalue weighted by Crippen LogP contribution is 2.11. The Balaban J connectivity index is 2.59. The number of esters is 1. The van der Waals surface area contributed by atoms with Crippen molar-refractivity contribution in [1.29, 1.82) is 0 Å². The second kappa shape index (κ2) is 4.45. The third kappa shape index (κ3) is 2.81. The quantitative estimate of drug-likeness (QED) is 0.359. The van der Waals surface area contributed by atoms with Crippen molar-refractivity contribution in [3.63, 3.8) is 0 Å². The van der Waals surface area contributed by atoms with E-state index in [1.54, 1.807) is 19.1 Å². The normalized spacial score (nSPS) is 12.2. The molecule has 0 radical (unpaired) electrons.